The lowest BCUT2D eigenvalue weighted by molar-refractivity contribution is 0.177. The summed E-state index contributed by atoms with van der Waals surface area (Å²) in [6, 6.07) is 0. The van der Waals surface area contributed by atoms with Crippen LogP contribution in [-0.4, -0.2) is 23.5 Å². The third-order valence-electron chi connectivity index (χ3n) is 4.06. The van der Waals surface area contributed by atoms with Crippen LogP contribution in [0.3, 0.4) is 0 Å². The monoisotopic (exact) mass is 181 g/mol. The highest BCUT2D eigenvalue weighted by molar-refractivity contribution is 4.99. The summed E-state index contributed by atoms with van der Waals surface area (Å²) in [5.74, 6) is 0. The molecule has 0 aliphatic carbocycles. The zero-order valence-electron chi connectivity index (χ0n) is 9.02. The van der Waals surface area contributed by atoms with Crippen LogP contribution >= 0.6 is 0 Å². The minimum atomic E-state index is 0.690. The van der Waals surface area contributed by atoms with Gasteiger partial charge >= 0.3 is 0 Å². The first-order valence-corrected chi connectivity index (χ1v) is 6.12. The standard InChI is InChI=1S/C12H23N/c1-2-3-4-7-12-8-5-10-13(12)11-6-9-12/h2-11H2,1H3. The number of fused-ring (bicyclic) bond motifs is 1. The maximum atomic E-state index is 2.78. The number of hydrogen-bond donors (Lipinski definition) is 0. The van der Waals surface area contributed by atoms with E-state index in [-0.39, 0.29) is 0 Å². The summed E-state index contributed by atoms with van der Waals surface area (Å²) in [7, 11) is 0. The average molecular weight is 181 g/mol. The molecular formula is C12H23N. The molecule has 0 spiro atoms. The van der Waals surface area contributed by atoms with Gasteiger partial charge in [0, 0.05) is 5.54 Å². The molecule has 0 radical (unpaired) electrons. The van der Waals surface area contributed by atoms with Gasteiger partial charge in [-0.25, -0.2) is 0 Å². The van der Waals surface area contributed by atoms with Gasteiger partial charge < -0.3 is 0 Å². The topological polar surface area (TPSA) is 3.24 Å². The highest BCUT2D eigenvalue weighted by atomic mass is 15.2. The van der Waals surface area contributed by atoms with E-state index in [4.69, 9.17) is 0 Å². The fourth-order valence-corrected chi connectivity index (χ4v) is 3.34. The summed E-state index contributed by atoms with van der Waals surface area (Å²) in [6.07, 6.45) is 11.7. The summed E-state index contributed by atoms with van der Waals surface area (Å²) in [5.41, 5.74) is 0.690. The molecule has 0 aromatic heterocycles. The van der Waals surface area contributed by atoms with Gasteiger partial charge in [-0.2, -0.15) is 0 Å². The van der Waals surface area contributed by atoms with Gasteiger partial charge in [-0.1, -0.05) is 26.2 Å². The van der Waals surface area contributed by atoms with Crippen molar-refractivity contribution in [2.75, 3.05) is 13.1 Å². The Hall–Kier alpha value is -0.0400. The molecule has 0 saturated carbocycles. The summed E-state index contributed by atoms with van der Waals surface area (Å²) < 4.78 is 0. The quantitative estimate of drug-likeness (QED) is 0.602. The largest absolute Gasteiger partial charge is 0.298 e. The second kappa shape index (κ2) is 4.00. The van der Waals surface area contributed by atoms with Gasteiger partial charge in [-0.05, 0) is 45.2 Å². The van der Waals surface area contributed by atoms with Crippen molar-refractivity contribution < 1.29 is 0 Å². The molecule has 0 N–H and O–H groups in total. The second-order valence-corrected chi connectivity index (χ2v) is 4.88. The Morgan fingerprint density at radius 1 is 1.08 bits per heavy atom. The summed E-state index contributed by atoms with van der Waals surface area (Å²) in [5, 5.41) is 0. The van der Waals surface area contributed by atoms with Crippen LogP contribution in [0.4, 0.5) is 0 Å². The second-order valence-electron chi connectivity index (χ2n) is 4.88. The van der Waals surface area contributed by atoms with Gasteiger partial charge in [-0.15, -0.1) is 0 Å². The molecule has 76 valence electrons. The molecule has 2 aliphatic heterocycles. The first-order chi connectivity index (χ1) is 6.37. The average Bonchev–Trinajstić information content (AvgIpc) is 2.63. The van der Waals surface area contributed by atoms with Crippen LogP contribution in [0.1, 0.15) is 58.3 Å². The molecule has 2 aliphatic rings. The van der Waals surface area contributed by atoms with E-state index >= 15 is 0 Å². The fourth-order valence-electron chi connectivity index (χ4n) is 3.34. The van der Waals surface area contributed by atoms with Crippen LogP contribution in [0, 0.1) is 0 Å². The molecule has 0 aromatic rings. The van der Waals surface area contributed by atoms with E-state index in [1.165, 1.54) is 64.5 Å². The first kappa shape index (κ1) is 9.51. The molecular weight excluding hydrogens is 158 g/mol. The molecule has 13 heavy (non-hydrogen) atoms. The van der Waals surface area contributed by atoms with Crippen LogP contribution in [0.5, 0.6) is 0 Å². The Morgan fingerprint density at radius 3 is 2.38 bits per heavy atom. The van der Waals surface area contributed by atoms with Gasteiger partial charge in [0.05, 0.1) is 0 Å². The SMILES string of the molecule is CCCCCC12CCCN1CCC2. The number of unbranched alkanes of at least 4 members (excludes halogenated alkanes) is 2. The normalized spacial score (nSPS) is 26.5. The molecule has 2 rings (SSSR count). The Balaban J connectivity index is 1.86. The smallest absolute Gasteiger partial charge is 0.0210 e. The van der Waals surface area contributed by atoms with Gasteiger partial charge in [0.2, 0.25) is 0 Å². The molecule has 0 amide bonds. The molecule has 1 heteroatoms. The fraction of sp³-hybridized carbons (Fsp3) is 1.00. The molecule has 0 unspecified atom stereocenters. The predicted molar refractivity (Wildman–Crippen MR) is 56.9 cm³/mol. The number of nitrogens with zero attached hydrogens (tertiary/aromatic N) is 1. The summed E-state index contributed by atoms with van der Waals surface area (Å²) in [4.78, 5) is 2.78. The van der Waals surface area contributed by atoms with Crippen molar-refractivity contribution in [3.63, 3.8) is 0 Å². The molecule has 2 saturated heterocycles. The van der Waals surface area contributed by atoms with Gasteiger partial charge in [-0.3, -0.25) is 4.90 Å². The van der Waals surface area contributed by atoms with E-state index in [9.17, 15) is 0 Å². The molecule has 1 nitrogen and oxygen atoms in total. The Labute approximate surface area is 82.5 Å². The molecule has 0 aromatic carbocycles. The highest BCUT2D eigenvalue weighted by Gasteiger charge is 2.42. The van der Waals surface area contributed by atoms with Crippen molar-refractivity contribution in [1.29, 1.82) is 0 Å². The van der Waals surface area contributed by atoms with E-state index in [0.717, 1.165) is 0 Å². The Morgan fingerprint density at radius 2 is 1.77 bits per heavy atom. The van der Waals surface area contributed by atoms with Crippen LogP contribution in [-0.2, 0) is 0 Å². The van der Waals surface area contributed by atoms with E-state index in [0.29, 0.717) is 5.54 Å². The zero-order chi connectivity index (χ0) is 9.15. The first-order valence-electron chi connectivity index (χ1n) is 6.12. The number of hydrogen-bond acceptors (Lipinski definition) is 1. The maximum Gasteiger partial charge on any atom is 0.0210 e. The summed E-state index contributed by atoms with van der Waals surface area (Å²) >= 11 is 0. The third kappa shape index (κ3) is 1.76. The van der Waals surface area contributed by atoms with Crippen molar-refractivity contribution in [2.24, 2.45) is 0 Å². The molecule has 0 bridgehead atoms. The van der Waals surface area contributed by atoms with E-state index in [1.54, 1.807) is 0 Å². The van der Waals surface area contributed by atoms with Crippen molar-refractivity contribution in [3.05, 3.63) is 0 Å². The van der Waals surface area contributed by atoms with Crippen LogP contribution in [0.15, 0.2) is 0 Å². The minimum Gasteiger partial charge on any atom is -0.298 e. The molecule has 2 heterocycles. The lowest BCUT2D eigenvalue weighted by Crippen LogP contribution is -2.37. The lowest BCUT2D eigenvalue weighted by Gasteiger charge is -2.32. The Kier molecular flexibility index (Phi) is 2.92. The van der Waals surface area contributed by atoms with Crippen molar-refractivity contribution in [3.8, 4) is 0 Å². The van der Waals surface area contributed by atoms with Crippen LogP contribution in [0.25, 0.3) is 0 Å². The highest BCUT2D eigenvalue weighted by Crippen LogP contribution is 2.42. The van der Waals surface area contributed by atoms with Gasteiger partial charge in [0.1, 0.15) is 0 Å². The maximum absolute atomic E-state index is 2.78. The predicted octanol–water partition coefficient (Wildman–Crippen LogP) is 3.20. The van der Waals surface area contributed by atoms with Gasteiger partial charge in [0.25, 0.3) is 0 Å². The molecule has 2 fully saturated rings. The summed E-state index contributed by atoms with van der Waals surface area (Å²) in [6.45, 7) is 5.09. The van der Waals surface area contributed by atoms with Crippen molar-refractivity contribution in [1.82, 2.24) is 4.90 Å². The molecule has 0 atom stereocenters. The van der Waals surface area contributed by atoms with E-state index < -0.39 is 0 Å². The van der Waals surface area contributed by atoms with Crippen molar-refractivity contribution >= 4 is 0 Å². The third-order valence-corrected chi connectivity index (χ3v) is 4.06. The Bertz CT molecular complexity index is 155. The minimum absolute atomic E-state index is 0.690. The van der Waals surface area contributed by atoms with Crippen LogP contribution in [0.2, 0.25) is 0 Å². The lowest BCUT2D eigenvalue weighted by atomic mass is 9.88. The zero-order valence-corrected chi connectivity index (χ0v) is 9.02. The van der Waals surface area contributed by atoms with E-state index in [1.807, 2.05) is 0 Å². The van der Waals surface area contributed by atoms with E-state index in [2.05, 4.69) is 11.8 Å². The van der Waals surface area contributed by atoms with Gasteiger partial charge in [0.15, 0.2) is 0 Å². The van der Waals surface area contributed by atoms with Crippen molar-refractivity contribution in [2.45, 2.75) is 63.8 Å². The van der Waals surface area contributed by atoms with Crippen LogP contribution < -0.4 is 0 Å². The number of rotatable bonds is 4.